The third-order valence-electron chi connectivity index (χ3n) is 5.43. The van der Waals surface area contributed by atoms with Gasteiger partial charge >= 0.3 is 0 Å². The summed E-state index contributed by atoms with van der Waals surface area (Å²) in [6, 6.07) is 3.73. The Morgan fingerprint density at radius 3 is 2.61 bits per heavy atom. The van der Waals surface area contributed by atoms with E-state index in [-0.39, 0.29) is 11.4 Å². The van der Waals surface area contributed by atoms with Crippen LogP contribution in [0.3, 0.4) is 0 Å². The van der Waals surface area contributed by atoms with Gasteiger partial charge in [0.15, 0.2) is 0 Å². The van der Waals surface area contributed by atoms with Gasteiger partial charge in [-0.2, -0.15) is 0 Å². The molecule has 23 heavy (non-hydrogen) atoms. The van der Waals surface area contributed by atoms with Crippen LogP contribution in [-0.2, 0) is 11.2 Å². The van der Waals surface area contributed by atoms with E-state index in [1.165, 1.54) is 25.9 Å². The average Bonchev–Trinajstić information content (AvgIpc) is 3.11. The van der Waals surface area contributed by atoms with Crippen molar-refractivity contribution < 1.29 is 9.53 Å². The summed E-state index contributed by atoms with van der Waals surface area (Å²) in [4.78, 5) is 21.3. The summed E-state index contributed by atoms with van der Waals surface area (Å²) < 4.78 is 5.12. The smallest absolute Gasteiger partial charge is 0.226 e. The van der Waals surface area contributed by atoms with Crippen LogP contribution in [0.25, 0.3) is 0 Å². The molecule has 0 aromatic carbocycles. The van der Waals surface area contributed by atoms with Gasteiger partial charge in [-0.05, 0) is 57.3 Å². The Hall–Kier alpha value is -1.62. The normalized spacial score (nSPS) is 21.4. The van der Waals surface area contributed by atoms with Crippen molar-refractivity contribution >= 4 is 5.91 Å². The molecule has 0 N–H and O–H groups in total. The molecule has 2 saturated heterocycles. The predicted octanol–water partition coefficient (Wildman–Crippen LogP) is 2.11. The molecule has 0 aliphatic carbocycles. The van der Waals surface area contributed by atoms with Gasteiger partial charge in [0.05, 0.1) is 13.5 Å². The summed E-state index contributed by atoms with van der Waals surface area (Å²) in [5.41, 5.74) is 1.25. The highest BCUT2D eigenvalue weighted by Gasteiger charge is 2.37. The fourth-order valence-corrected chi connectivity index (χ4v) is 3.77. The van der Waals surface area contributed by atoms with Crippen molar-refractivity contribution in [1.29, 1.82) is 0 Å². The van der Waals surface area contributed by atoms with Gasteiger partial charge in [0.2, 0.25) is 11.8 Å². The maximum atomic E-state index is 12.6. The Kier molecular flexibility index (Phi) is 4.85. The molecule has 126 valence electrons. The molecule has 1 amide bonds. The lowest BCUT2D eigenvalue weighted by atomic mass is 9.87. The van der Waals surface area contributed by atoms with E-state index in [0.717, 1.165) is 31.5 Å². The molecular formula is C18H27N3O2. The highest BCUT2D eigenvalue weighted by atomic mass is 16.5. The summed E-state index contributed by atoms with van der Waals surface area (Å²) in [6.07, 6.45) is 6.93. The number of nitrogens with zero attached hydrogens (tertiary/aromatic N) is 3. The Balaban J connectivity index is 1.55. The molecule has 0 unspecified atom stereocenters. The summed E-state index contributed by atoms with van der Waals surface area (Å²) >= 11 is 0. The second kappa shape index (κ2) is 6.87. The van der Waals surface area contributed by atoms with Crippen molar-refractivity contribution in [3.8, 4) is 5.88 Å². The van der Waals surface area contributed by atoms with Gasteiger partial charge in [0, 0.05) is 30.9 Å². The van der Waals surface area contributed by atoms with Crippen molar-refractivity contribution in [3.63, 3.8) is 0 Å². The van der Waals surface area contributed by atoms with E-state index in [4.69, 9.17) is 4.74 Å². The Morgan fingerprint density at radius 1 is 1.26 bits per heavy atom. The number of carbonyl (C=O) groups is 1. The van der Waals surface area contributed by atoms with Crippen LogP contribution < -0.4 is 4.74 Å². The summed E-state index contributed by atoms with van der Waals surface area (Å²) in [5.74, 6) is 0.775. The van der Waals surface area contributed by atoms with Gasteiger partial charge in [0.25, 0.3) is 0 Å². The second-order valence-corrected chi connectivity index (χ2v) is 6.96. The molecule has 2 aliphatic rings. The van der Waals surface area contributed by atoms with Crippen LogP contribution in [0.15, 0.2) is 18.3 Å². The third kappa shape index (κ3) is 3.66. The number of ether oxygens (including phenoxy) is 1. The largest absolute Gasteiger partial charge is 0.481 e. The molecule has 0 radical (unpaired) electrons. The molecule has 3 heterocycles. The van der Waals surface area contributed by atoms with Crippen molar-refractivity contribution in [1.82, 2.24) is 14.8 Å². The summed E-state index contributed by atoms with van der Waals surface area (Å²) in [7, 11) is 1.60. The zero-order valence-corrected chi connectivity index (χ0v) is 14.3. The Labute approximate surface area is 138 Å². The number of hydrogen-bond donors (Lipinski definition) is 0. The van der Waals surface area contributed by atoms with Crippen LogP contribution in [0, 0.1) is 0 Å². The number of carbonyl (C=O) groups excluding carboxylic acids is 1. The van der Waals surface area contributed by atoms with Crippen LogP contribution in [0.1, 0.15) is 38.2 Å². The molecule has 1 aromatic heterocycles. The zero-order chi connectivity index (χ0) is 16.3. The summed E-state index contributed by atoms with van der Waals surface area (Å²) in [5, 5.41) is 0. The van der Waals surface area contributed by atoms with Crippen LogP contribution in [0.4, 0.5) is 0 Å². The molecule has 1 aromatic rings. The van der Waals surface area contributed by atoms with Crippen LogP contribution in [-0.4, -0.2) is 59.5 Å². The van der Waals surface area contributed by atoms with Gasteiger partial charge in [0.1, 0.15) is 0 Å². The van der Waals surface area contributed by atoms with Crippen molar-refractivity contribution in [3.05, 3.63) is 23.9 Å². The standard InChI is InChI=1S/C18H27N3O2/c1-18(21-9-3-4-10-21)6-11-20(12-7-18)17(22)14-15-5-8-19-16(13-15)23-2/h5,8,13H,3-4,6-7,9-12,14H2,1-2H3. The quantitative estimate of drug-likeness (QED) is 0.853. The molecule has 2 aliphatic heterocycles. The first-order valence-electron chi connectivity index (χ1n) is 8.62. The van der Waals surface area contributed by atoms with E-state index < -0.39 is 0 Å². The monoisotopic (exact) mass is 317 g/mol. The summed E-state index contributed by atoms with van der Waals surface area (Å²) in [6.45, 7) is 6.55. The number of rotatable bonds is 4. The van der Waals surface area contributed by atoms with Crippen LogP contribution in [0.2, 0.25) is 0 Å². The minimum Gasteiger partial charge on any atom is -0.481 e. The highest BCUT2D eigenvalue weighted by Crippen LogP contribution is 2.31. The fourth-order valence-electron chi connectivity index (χ4n) is 3.77. The predicted molar refractivity (Wildman–Crippen MR) is 89.5 cm³/mol. The van der Waals surface area contributed by atoms with Gasteiger partial charge in [-0.3, -0.25) is 9.69 Å². The third-order valence-corrected chi connectivity index (χ3v) is 5.43. The van der Waals surface area contributed by atoms with Crippen molar-refractivity contribution in [2.75, 3.05) is 33.3 Å². The zero-order valence-electron chi connectivity index (χ0n) is 14.3. The Morgan fingerprint density at radius 2 is 1.96 bits per heavy atom. The fraction of sp³-hybridized carbons (Fsp3) is 0.667. The van der Waals surface area contributed by atoms with E-state index >= 15 is 0 Å². The number of hydrogen-bond acceptors (Lipinski definition) is 4. The highest BCUT2D eigenvalue weighted by molar-refractivity contribution is 5.79. The number of likely N-dealkylation sites (tertiary alicyclic amines) is 2. The SMILES string of the molecule is COc1cc(CC(=O)N2CCC(C)(N3CCCC3)CC2)ccn1. The Bertz CT molecular complexity index is 547. The van der Waals surface area contributed by atoms with E-state index in [2.05, 4.69) is 16.8 Å². The van der Waals surface area contributed by atoms with Crippen LogP contribution in [0.5, 0.6) is 5.88 Å². The number of piperidine rings is 1. The van der Waals surface area contributed by atoms with Gasteiger partial charge in [-0.25, -0.2) is 4.98 Å². The lowest BCUT2D eigenvalue weighted by molar-refractivity contribution is -0.133. The lowest BCUT2D eigenvalue weighted by Crippen LogP contribution is -2.53. The molecule has 2 fully saturated rings. The van der Waals surface area contributed by atoms with Gasteiger partial charge in [-0.15, -0.1) is 0 Å². The molecule has 0 bridgehead atoms. The number of methoxy groups -OCH3 is 1. The van der Waals surface area contributed by atoms with Gasteiger partial charge in [-0.1, -0.05) is 0 Å². The molecule has 5 nitrogen and oxygen atoms in total. The number of pyridine rings is 1. The van der Waals surface area contributed by atoms with Crippen molar-refractivity contribution in [2.45, 2.75) is 44.6 Å². The van der Waals surface area contributed by atoms with Crippen LogP contribution >= 0.6 is 0 Å². The van der Waals surface area contributed by atoms with Crippen molar-refractivity contribution in [2.24, 2.45) is 0 Å². The van der Waals surface area contributed by atoms with Gasteiger partial charge < -0.3 is 9.64 Å². The molecule has 0 atom stereocenters. The lowest BCUT2D eigenvalue weighted by Gasteiger charge is -2.45. The maximum absolute atomic E-state index is 12.6. The molecular weight excluding hydrogens is 290 g/mol. The minimum absolute atomic E-state index is 0.210. The number of aromatic nitrogens is 1. The molecule has 0 spiro atoms. The number of amides is 1. The van der Waals surface area contributed by atoms with E-state index in [9.17, 15) is 4.79 Å². The maximum Gasteiger partial charge on any atom is 0.226 e. The van der Waals surface area contributed by atoms with E-state index in [1.54, 1.807) is 13.3 Å². The molecule has 3 rings (SSSR count). The first-order valence-corrected chi connectivity index (χ1v) is 8.62. The first-order chi connectivity index (χ1) is 11.1. The topological polar surface area (TPSA) is 45.7 Å². The molecule has 5 heteroatoms. The van der Waals surface area contributed by atoms with E-state index in [0.29, 0.717) is 12.3 Å². The average molecular weight is 317 g/mol. The molecule has 0 saturated carbocycles. The second-order valence-electron chi connectivity index (χ2n) is 6.96. The van der Waals surface area contributed by atoms with E-state index in [1.807, 2.05) is 17.0 Å². The first kappa shape index (κ1) is 16.2. The minimum atomic E-state index is 0.210.